The lowest BCUT2D eigenvalue weighted by Gasteiger charge is -2.17. The first kappa shape index (κ1) is 20.2. The van der Waals surface area contributed by atoms with E-state index in [2.05, 4.69) is 20.3 Å². The Balaban J connectivity index is 1.58. The maximum Gasteiger partial charge on any atom is 0.162 e. The van der Waals surface area contributed by atoms with Crippen LogP contribution in [0.5, 0.6) is 5.75 Å². The number of aliphatic hydroxyl groups excluding tert-OH is 1. The number of benzene rings is 1. The molecule has 9 nitrogen and oxygen atoms in total. The Kier molecular flexibility index (Phi) is 5.32. The summed E-state index contributed by atoms with van der Waals surface area (Å²) < 4.78 is 7.42. The molecule has 1 aliphatic heterocycles. The number of nitrogens with zero attached hydrogens (tertiary/aromatic N) is 6. The van der Waals surface area contributed by atoms with Gasteiger partial charge in [-0.25, -0.2) is 15.0 Å². The molecule has 32 heavy (non-hydrogen) atoms. The zero-order valence-corrected chi connectivity index (χ0v) is 18.1. The van der Waals surface area contributed by atoms with Gasteiger partial charge in [0.2, 0.25) is 0 Å². The number of fused-ring (bicyclic) bond motifs is 1. The van der Waals surface area contributed by atoms with Crippen molar-refractivity contribution in [3.63, 3.8) is 0 Å². The Hall–Kier alpha value is -3.72. The van der Waals surface area contributed by atoms with E-state index in [1.807, 2.05) is 50.5 Å². The molecule has 0 amide bonds. The monoisotopic (exact) mass is 431 g/mol. The fourth-order valence-corrected chi connectivity index (χ4v) is 3.89. The number of rotatable bonds is 6. The Morgan fingerprint density at radius 3 is 2.88 bits per heavy atom. The predicted octanol–water partition coefficient (Wildman–Crippen LogP) is 3.14. The molecule has 1 aromatic carbocycles. The van der Waals surface area contributed by atoms with Gasteiger partial charge in [-0.3, -0.25) is 4.68 Å². The summed E-state index contributed by atoms with van der Waals surface area (Å²) >= 11 is 0. The zero-order valence-electron chi connectivity index (χ0n) is 18.1. The first-order chi connectivity index (χ1) is 15.6. The van der Waals surface area contributed by atoms with Crippen LogP contribution in [0, 0.1) is 0 Å². The number of aryl methyl sites for hydroxylation is 1. The molecule has 9 heteroatoms. The first-order valence-electron chi connectivity index (χ1n) is 10.7. The van der Waals surface area contributed by atoms with Gasteiger partial charge in [0.15, 0.2) is 5.82 Å². The zero-order chi connectivity index (χ0) is 22.1. The van der Waals surface area contributed by atoms with Crippen LogP contribution in [0.4, 0.5) is 17.3 Å². The van der Waals surface area contributed by atoms with E-state index in [-0.39, 0.29) is 6.10 Å². The van der Waals surface area contributed by atoms with Gasteiger partial charge in [0.25, 0.3) is 0 Å². The Bertz CT molecular complexity index is 1260. The van der Waals surface area contributed by atoms with Crippen LogP contribution in [-0.2, 0) is 7.05 Å². The quantitative estimate of drug-likeness (QED) is 0.480. The van der Waals surface area contributed by atoms with E-state index in [1.165, 1.54) is 0 Å². The first-order valence-corrected chi connectivity index (χ1v) is 10.7. The minimum atomic E-state index is -0.313. The summed E-state index contributed by atoms with van der Waals surface area (Å²) in [6.07, 6.45) is 5.84. The highest BCUT2D eigenvalue weighted by Gasteiger charge is 2.22. The number of hydrogen-bond donors (Lipinski definition) is 2. The highest BCUT2D eigenvalue weighted by atomic mass is 16.5. The van der Waals surface area contributed by atoms with Crippen LogP contribution in [0.15, 0.2) is 48.9 Å². The normalized spacial score (nSPS) is 16.0. The molecule has 0 spiro atoms. The standard InChI is InChI=1S/C23H25N7O2/c1-3-32-18-4-5-20-19(11-18)23(26-16-12-25-29(2)13-16)28-22(27-20)15-6-8-24-21(10-15)30-9-7-17(31)14-30/h4-6,8,10-13,17,31H,3,7,9,14H2,1-2H3,(H,26,27,28). The second kappa shape index (κ2) is 8.43. The average Bonchev–Trinajstić information content (AvgIpc) is 3.42. The van der Waals surface area contributed by atoms with Gasteiger partial charge in [-0.2, -0.15) is 5.10 Å². The van der Waals surface area contributed by atoms with Crippen LogP contribution in [0.25, 0.3) is 22.3 Å². The third-order valence-electron chi connectivity index (χ3n) is 5.44. The predicted molar refractivity (Wildman–Crippen MR) is 123 cm³/mol. The van der Waals surface area contributed by atoms with Crippen LogP contribution < -0.4 is 15.0 Å². The number of ether oxygens (including phenoxy) is 1. The minimum absolute atomic E-state index is 0.313. The van der Waals surface area contributed by atoms with E-state index < -0.39 is 0 Å². The number of aliphatic hydroxyl groups is 1. The van der Waals surface area contributed by atoms with E-state index in [4.69, 9.17) is 14.7 Å². The van der Waals surface area contributed by atoms with Gasteiger partial charge < -0.3 is 20.1 Å². The summed E-state index contributed by atoms with van der Waals surface area (Å²) in [5.74, 6) is 2.85. The van der Waals surface area contributed by atoms with Crippen molar-refractivity contribution in [2.75, 3.05) is 29.9 Å². The van der Waals surface area contributed by atoms with Crippen molar-refractivity contribution in [2.24, 2.45) is 7.05 Å². The minimum Gasteiger partial charge on any atom is -0.494 e. The van der Waals surface area contributed by atoms with Crippen LogP contribution >= 0.6 is 0 Å². The lowest BCUT2D eigenvalue weighted by molar-refractivity contribution is 0.198. The van der Waals surface area contributed by atoms with Crippen LogP contribution in [-0.4, -0.2) is 55.6 Å². The highest BCUT2D eigenvalue weighted by Crippen LogP contribution is 2.31. The largest absolute Gasteiger partial charge is 0.494 e. The van der Waals surface area contributed by atoms with Gasteiger partial charge >= 0.3 is 0 Å². The van der Waals surface area contributed by atoms with Gasteiger partial charge in [-0.15, -0.1) is 0 Å². The molecule has 4 heterocycles. The van der Waals surface area contributed by atoms with Crippen molar-refractivity contribution in [2.45, 2.75) is 19.4 Å². The van der Waals surface area contributed by atoms with Gasteiger partial charge in [0.05, 0.1) is 30.1 Å². The molecule has 1 atom stereocenters. The summed E-state index contributed by atoms with van der Waals surface area (Å²) in [7, 11) is 1.87. The van der Waals surface area contributed by atoms with Crippen LogP contribution in [0.3, 0.4) is 0 Å². The molecule has 1 fully saturated rings. The maximum absolute atomic E-state index is 9.89. The Morgan fingerprint density at radius 2 is 2.12 bits per heavy atom. The third kappa shape index (κ3) is 4.06. The fraction of sp³-hybridized carbons (Fsp3) is 0.304. The number of nitrogens with one attached hydrogen (secondary N) is 1. The summed E-state index contributed by atoms with van der Waals surface area (Å²) in [6, 6.07) is 9.69. The number of anilines is 3. The molecule has 0 radical (unpaired) electrons. The van der Waals surface area contributed by atoms with E-state index in [0.29, 0.717) is 24.8 Å². The van der Waals surface area contributed by atoms with Crippen molar-refractivity contribution >= 4 is 28.2 Å². The summed E-state index contributed by atoms with van der Waals surface area (Å²) in [5.41, 5.74) is 2.50. The maximum atomic E-state index is 9.89. The smallest absolute Gasteiger partial charge is 0.162 e. The number of β-amino-alcohol motifs (C(OH)–C–C–N with tert-alkyl or cyclic N) is 1. The van der Waals surface area contributed by atoms with Gasteiger partial charge in [0.1, 0.15) is 17.4 Å². The van der Waals surface area contributed by atoms with Crippen molar-refractivity contribution in [3.05, 3.63) is 48.9 Å². The molecule has 3 aromatic heterocycles. The number of hydrogen-bond acceptors (Lipinski definition) is 8. The molecule has 2 N–H and O–H groups in total. The van der Waals surface area contributed by atoms with Gasteiger partial charge in [-0.05, 0) is 43.7 Å². The lowest BCUT2D eigenvalue weighted by atomic mass is 10.2. The second-order valence-electron chi connectivity index (χ2n) is 7.83. The second-order valence-corrected chi connectivity index (χ2v) is 7.83. The molecule has 1 saturated heterocycles. The summed E-state index contributed by atoms with van der Waals surface area (Å²) in [5, 5.41) is 18.4. The lowest BCUT2D eigenvalue weighted by Crippen LogP contribution is -2.22. The number of pyridine rings is 1. The van der Waals surface area contributed by atoms with E-state index >= 15 is 0 Å². The highest BCUT2D eigenvalue weighted by molar-refractivity contribution is 5.93. The fourth-order valence-electron chi connectivity index (χ4n) is 3.89. The topological polar surface area (TPSA) is 101 Å². The third-order valence-corrected chi connectivity index (χ3v) is 5.44. The average molecular weight is 432 g/mol. The Labute approximate surface area is 185 Å². The molecule has 0 bridgehead atoms. The van der Waals surface area contributed by atoms with Crippen LogP contribution in [0.1, 0.15) is 13.3 Å². The molecule has 0 aliphatic carbocycles. The molecule has 5 rings (SSSR count). The van der Waals surface area contributed by atoms with Crippen LogP contribution in [0.2, 0.25) is 0 Å². The van der Waals surface area contributed by atoms with Crippen molar-refractivity contribution < 1.29 is 9.84 Å². The molecular formula is C23H25N7O2. The van der Waals surface area contributed by atoms with Crippen molar-refractivity contribution in [1.82, 2.24) is 24.7 Å². The van der Waals surface area contributed by atoms with Gasteiger partial charge in [-0.1, -0.05) is 0 Å². The molecular weight excluding hydrogens is 406 g/mol. The Morgan fingerprint density at radius 1 is 1.22 bits per heavy atom. The summed E-state index contributed by atoms with van der Waals surface area (Å²) in [6.45, 7) is 3.91. The molecule has 1 unspecified atom stereocenters. The summed E-state index contributed by atoms with van der Waals surface area (Å²) in [4.78, 5) is 16.2. The van der Waals surface area contributed by atoms with E-state index in [1.54, 1.807) is 17.1 Å². The van der Waals surface area contributed by atoms with Crippen molar-refractivity contribution in [1.29, 1.82) is 0 Å². The van der Waals surface area contributed by atoms with E-state index in [0.717, 1.165) is 46.7 Å². The molecule has 1 aliphatic rings. The van der Waals surface area contributed by atoms with E-state index in [9.17, 15) is 5.11 Å². The SMILES string of the molecule is CCOc1ccc2nc(-c3ccnc(N4CCC(O)C4)c3)nc(Nc3cnn(C)c3)c2c1. The number of aromatic nitrogens is 5. The molecule has 0 saturated carbocycles. The molecule has 4 aromatic rings. The molecule has 164 valence electrons. The van der Waals surface area contributed by atoms with Gasteiger partial charge in [0, 0.05) is 43.5 Å². The van der Waals surface area contributed by atoms with Crippen molar-refractivity contribution in [3.8, 4) is 17.1 Å².